The van der Waals surface area contributed by atoms with Crippen molar-refractivity contribution in [1.82, 2.24) is 4.57 Å². The summed E-state index contributed by atoms with van der Waals surface area (Å²) >= 11 is 0. The van der Waals surface area contributed by atoms with Gasteiger partial charge in [0.25, 0.3) is 0 Å². The van der Waals surface area contributed by atoms with Crippen LogP contribution < -0.4 is 5.46 Å². The van der Waals surface area contributed by atoms with E-state index in [0.717, 1.165) is 33.1 Å². The average molecular weight is 407 g/mol. The number of hydrogen-bond donors (Lipinski definition) is 2. The van der Waals surface area contributed by atoms with Gasteiger partial charge in [-0.25, -0.2) is 0 Å². The standard InChI is InChI=1S/C24H16BNO3.C2H6/c27-25(28)18-13-14-21(24-23(18)17-9-3-6-12-22(17)29-24)26-19-10-4-1-7-15(19)16-8-2-5-11-20(16)26;1-2/h1-14,27-28H;1-2H3. The van der Waals surface area contributed by atoms with Gasteiger partial charge in [-0.1, -0.05) is 74.5 Å². The lowest BCUT2D eigenvalue weighted by atomic mass is 9.77. The summed E-state index contributed by atoms with van der Waals surface area (Å²) < 4.78 is 8.44. The van der Waals surface area contributed by atoms with Crippen LogP contribution in [0.2, 0.25) is 0 Å². The van der Waals surface area contributed by atoms with Gasteiger partial charge in [-0.15, -0.1) is 0 Å². The summed E-state index contributed by atoms with van der Waals surface area (Å²) in [5.74, 6) is 0. The van der Waals surface area contributed by atoms with Crippen LogP contribution in [0.15, 0.2) is 89.3 Å². The van der Waals surface area contributed by atoms with E-state index in [9.17, 15) is 10.0 Å². The van der Waals surface area contributed by atoms with Crippen molar-refractivity contribution in [2.24, 2.45) is 0 Å². The third-order valence-electron chi connectivity index (χ3n) is 5.64. The minimum atomic E-state index is -1.58. The fourth-order valence-electron chi connectivity index (χ4n) is 4.41. The number of para-hydroxylation sites is 3. The predicted molar refractivity (Wildman–Crippen MR) is 129 cm³/mol. The van der Waals surface area contributed by atoms with Crippen LogP contribution in [-0.2, 0) is 0 Å². The van der Waals surface area contributed by atoms with Crippen molar-refractivity contribution in [1.29, 1.82) is 0 Å². The summed E-state index contributed by atoms with van der Waals surface area (Å²) in [5, 5.41) is 23.9. The number of benzene rings is 4. The lowest BCUT2D eigenvalue weighted by Gasteiger charge is -2.11. The number of hydrogen-bond acceptors (Lipinski definition) is 3. The van der Waals surface area contributed by atoms with Crippen LogP contribution in [0.5, 0.6) is 0 Å². The Hall–Kier alpha value is -3.54. The zero-order chi connectivity index (χ0) is 21.5. The molecule has 0 bridgehead atoms. The van der Waals surface area contributed by atoms with Crippen LogP contribution in [0.3, 0.4) is 0 Å². The minimum absolute atomic E-state index is 0.439. The molecular formula is C26H22BNO3. The Kier molecular flexibility index (Phi) is 4.77. The van der Waals surface area contributed by atoms with E-state index < -0.39 is 7.12 Å². The van der Waals surface area contributed by atoms with Crippen molar-refractivity contribution in [3.8, 4) is 5.69 Å². The molecular weight excluding hydrogens is 385 g/mol. The second-order valence-electron chi connectivity index (χ2n) is 7.22. The monoisotopic (exact) mass is 407 g/mol. The molecule has 0 aliphatic rings. The zero-order valence-corrected chi connectivity index (χ0v) is 17.4. The third kappa shape index (κ3) is 2.86. The van der Waals surface area contributed by atoms with Crippen LogP contribution in [-0.4, -0.2) is 21.7 Å². The summed E-state index contributed by atoms with van der Waals surface area (Å²) in [6.45, 7) is 4.00. The number of fused-ring (bicyclic) bond motifs is 6. The first-order chi connectivity index (χ1) is 15.2. The molecule has 0 fully saturated rings. The van der Waals surface area contributed by atoms with Crippen molar-refractivity contribution >= 4 is 56.3 Å². The molecule has 0 unspecified atom stereocenters. The molecule has 4 nitrogen and oxygen atoms in total. The average Bonchev–Trinajstić information content (AvgIpc) is 3.36. The Balaban J connectivity index is 0.000000994. The number of nitrogens with zero attached hydrogens (tertiary/aromatic N) is 1. The third-order valence-corrected chi connectivity index (χ3v) is 5.64. The maximum absolute atomic E-state index is 9.97. The van der Waals surface area contributed by atoms with Gasteiger partial charge in [0, 0.05) is 21.5 Å². The van der Waals surface area contributed by atoms with Crippen LogP contribution in [0.25, 0.3) is 49.4 Å². The van der Waals surface area contributed by atoms with Crippen LogP contribution in [0.1, 0.15) is 13.8 Å². The number of aromatic nitrogens is 1. The Labute approximate surface area is 180 Å². The van der Waals surface area contributed by atoms with Crippen molar-refractivity contribution in [3.63, 3.8) is 0 Å². The van der Waals surface area contributed by atoms with Crippen molar-refractivity contribution in [3.05, 3.63) is 84.9 Å². The fourth-order valence-corrected chi connectivity index (χ4v) is 4.41. The lowest BCUT2D eigenvalue weighted by molar-refractivity contribution is 0.426. The van der Waals surface area contributed by atoms with Gasteiger partial charge >= 0.3 is 7.12 Å². The maximum Gasteiger partial charge on any atom is 0.489 e. The SMILES string of the molecule is CC.OB(O)c1ccc(-n2c3ccccc3c3ccccc32)c2oc3ccccc3c12. The first kappa shape index (κ1) is 19.4. The molecule has 2 N–H and O–H groups in total. The highest BCUT2D eigenvalue weighted by atomic mass is 16.4. The lowest BCUT2D eigenvalue weighted by Crippen LogP contribution is -2.30. The van der Waals surface area contributed by atoms with E-state index >= 15 is 0 Å². The Morgan fingerprint density at radius 3 is 1.84 bits per heavy atom. The van der Waals surface area contributed by atoms with Crippen LogP contribution in [0, 0.1) is 0 Å². The minimum Gasteiger partial charge on any atom is -0.454 e. The normalized spacial score (nSPS) is 11.2. The second kappa shape index (κ2) is 7.62. The predicted octanol–water partition coefficient (Wildman–Crippen LogP) is 5.39. The molecule has 0 aliphatic carbocycles. The van der Waals surface area contributed by atoms with Crippen molar-refractivity contribution in [2.45, 2.75) is 13.8 Å². The molecule has 0 saturated carbocycles. The molecule has 6 rings (SSSR count). The quantitative estimate of drug-likeness (QED) is 0.379. The molecule has 0 radical (unpaired) electrons. The van der Waals surface area contributed by atoms with E-state index in [1.165, 1.54) is 10.8 Å². The zero-order valence-electron chi connectivity index (χ0n) is 17.4. The topological polar surface area (TPSA) is 58.5 Å². The first-order valence-electron chi connectivity index (χ1n) is 10.5. The fraction of sp³-hybridized carbons (Fsp3) is 0.0769. The van der Waals surface area contributed by atoms with E-state index in [1.807, 2.05) is 68.4 Å². The van der Waals surface area contributed by atoms with Gasteiger partial charge in [-0.05, 0) is 29.7 Å². The summed E-state index contributed by atoms with van der Waals surface area (Å²) in [6, 6.07) is 27.9. The summed E-state index contributed by atoms with van der Waals surface area (Å²) in [7, 11) is -1.58. The molecule has 0 saturated heterocycles. The smallest absolute Gasteiger partial charge is 0.454 e. The highest BCUT2D eigenvalue weighted by Crippen LogP contribution is 2.37. The Bertz CT molecular complexity index is 1490. The molecule has 31 heavy (non-hydrogen) atoms. The van der Waals surface area contributed by atoms with E-state index in [-0.39, 0.29) is 0 Å². The first-order valence-corrected chi connectivity index (χ1v) is 10.5. The van der Waals surface area contributed by atoms with Crippen LogP contribution >= 0.6 is 0 Å². The number of furan rings is 1. The van der Waals surface area contributed by atoms with Gasteiger partial charge in [-0.3, -0.25) is 0 Å². The molecule has 4 aromatic carbocycles. The molecule has 5 heteroatoms. The molecule has 2 aromatic heterocycles. The van der Waals surface area contributed by atoms with Gasteiger partial charge < -0.3 is 19.0 Å². The summed E-state index contributed by atoms with van der Waals surface area (Å²) in [5.41, 5.74) is 4.83. The highest BCUT2D eigenvalue weighted by molar-refractivity contribution is 6.63. The molecule has 152 valence electrons. The molecule has 0 aliphatic heterocycles. The van der Waals surface area contributed by atoms with E-state index in [2.05, 4.69) is 28.8 Å². The van der Waals surface area contributed by atoms with Gasteiger partial charge in [0.15, 0.2) is 5.58 Å². The number of rotatable bonds is 2. The summed E-state index contributed by atoms with van der Waals surface area (Å²) in [4.78, 5) is 0. The highest BCUT2D eigenvalue weighted by Gasteiger charge is 2.23. The Morgan fingerprint density at radius 2 is 1.23 bits per heavy atom. The molecule has 0 atom stereocenters. The second-order valence-corrected chi connectivity index (χ2v) is 7.22. The van der Waals surface area contributed by atoms with E-state index in [4.69, 9.17) is 4.42 Å². The maximum atomic E-state index is 9.97. The van der Waals surface area contributed by atoms with Gasteiger partial charge in [0.1, 0.15) is 5.58 Å². The van der Waals surface area contributed by atoms with E-state index in [1.54, 1.807) is 6.07 Å². The molecule has 2 heterocycles. The Morgan fingerprint density at radius 1 is 0.677 bits per heavy atom. The van der Waals surface area contributed by atoms with Crippen LogP contribution in [0.4, 0.5) is 0 Å². The molecule has 0 spiro atoms. The van der Waals surface area contributed by atoms with Crippen molar-refractivity contribution in [2.75, 3.05) is 0 Å². The molecule has 0 amide bonds. The largest absolute Gasteiger partial charge is 0.489 e. The molecule has 6 aromatic rings. The van der Waals surface area contributed by atoms with E-state index in [0.29, 0.717) is 11.0 Å². The summed E-state index contributed by atoms with van der Waals surface area (Å²) in [6.07, 6.45) is 0. The van der Waals surface area contributed by atoms with Gasteiger partial charge in [0.2, 0.25) is 0 Å². The van der Waals surface area contributed by atoms with Gasteiger partial charge in [-0.2, -0.15) is 0 Å². The van der Waals surface area contributed by atoms with Crippen molar-refractivity contribution < 1.29 is 14.5 Å². The van der Waals surface area contributed by atoms with Gasteiger partial charge in [0.05, 0.1) is 16.7 Å².